The summed E-state index contributed by atoms with van der Waals surface area (Å²) in [6.45, 7) is 12.1. The van der Waals surface area contributed by atoms with Crippen molar-refractivity contribution in [2.24, 2.45) is 17.8 Å². The summed E-state index contributed by atoms with van der Waals surface area (Å²) in [5.41, 5.74) is 0. The van der Waals surface area contributed by atoms with Gasteiger partial charge in [-0.15, -0.1) is 0 Å². The molecule has 0 aliphatic rings. The number of aliphatic hydroxyl groups excluding tert-OH is 1. The molecule has 0 amide bonds. The van der Waals surface area contributed by atoms with E-state index in [4.69, 9.17) is 37.0 Å². The zero-order valence-corrected chi connectivity index (χ0v) is 75.9. The number of phosphoric acid groups is 2. The van der Waals surface area contributed by atoms with Crippen LogP contribution >= 0.6 is 15.6 Å². The molecule has 0 aromatic heterocycles. The predicted molar refractivity (Wildman–Crippen MR) is 465 cm³/mol. The number of hydrogen-bond acceptors (Lipinski definition) is 15. The molecule has 0 aromatic carbocycles. The molecular weight excluding hydrogens is 1450 g/mol. The van der Waals surface area contributed by atoms with Crippen molar-refractivity contribution in [1.29, 1.82) is 0 Å². The van der Waals surface area contributed by atoms with Gasteiger partial charge in [-0.3, -0.25) is 37.3 Å². The van der Waals surface area contributed by atoms with E-state index in [9.17, 15) is 43.2 Å². The Bertz CT molecular complexity index is 2150. The molecule has 0 saturated heterocycles. The molecular formula is C93H182O17P2. The molecule has 0 spiro atoms. The van der Waals surface area contributed by atoms with Gasteiger partial charge in [0.1, 0.15) is 19.3 Å². The zero-order chi connectivity index (χ0) is 82.2. The van der Waals surface area contributed by atoms with E-state index in [1.807, 2.05) is 0 Å². The van der Waals surface area contributed by atoms with Crippen LogP contribution in [0.5, 0.6) is 0 Å². The van der Waals surface area contributed by atoms with Crippen molar-refractivity contribution in [1.82, 2.24) is 0 Å². The summed E-state index contributed by atoms with van der Waals surface area (Å²) in [5, 5.41) is 10.7. The number of ether oxygens (including phenoxy) is 4. The Morgan fingerprint density at radius 3 is 0.679 bits per heavy atom. The quantitative estimate of drug-likeness (QED) is 0.0222. The van der Waals surface area contributed by atoms with Gasteiger partial charge in [0.05, 0.1) is 26.4 Å². The lowest BCUT2D eigenvalue weighted by molar-refractivity contribution is -0.161. The van der Waals surface area contributed by atoms with Crippen molar-refractivity contribution in [3.05, 3.63) is 0 Å². The average Bonchev–Trinajstić information content (AvgIpc) is 0.902. The van der Waals surface area contributed by atoms with E-state index in [0.29, 0.717) is 25.7 Å². The third-order valence-corrected chi connectivity index (χ3v) is 24.5. The second-order valence-electron chi connectivity index (χ2n) is 34.4. The molecule has 0 aromatic rings. The van der Waals surface area contributed by atoms with Crippen LogP contribution in [0.2, 0.25) is 0 Å². The van der Waals surface area contributed by atoms with Gasteiger partial charge in [-0.25, -0.2) is 9.13 Å². The third-order valence-electron chi connectivity index (χ3n) is 22.6. The van der Waals surface area contributed by atoms with Crippen LogP contribution in [-0.4, -0.2) is 96.7 Å². The number of phosphoric ester groups is 2. The second-order valence-corrected chi connectivity index (χ2v) is 37.3. The summed E-state index contributed by atoms with van der Waals surface area (Å²) in [5.74, 6) is 0.327. The molecule has 4 unspecified atom stereocenters. The number of aliphatic hydroxyl groups is 1. The normalized spacial score (nSPS) is 14.2. The molecule has 19 heteroatoms. The highest BCUT2D eigenvalue weighted by atomic mass is 31.2. The Hall–Kier alpha value is -1.94. The van der Waals surface area contributed by atoms with Crippen molar-refractivity contribution in [2.75, 3.05) is 39.6 Å². The van der Waals surface area contributed by atoms with Gasteiger partial charge in [0, 0.05) is 25.7 Å². The Balaban J connectivity index is 5.22. The van der Waals surface area contributed by atoms with Gasteiger partial charge in [0.25, 0.3) is 0 Å². The minimum Gasteiger partial charge on any atom is -0.462 e. The SMILES string of the molecule is CCCCCCCCCCCCCCCCCCCCCC(=O)O[C@H](COC(=O)CCCCCCCCC(C)CC)COP(=O)(O)OC[C@H](O)COP(=O)(O)OC[C@@H](COC(=O)CCCCCCCCCCCCCCCCCCCCC(C)C)OC(=O)CCCCCCCCCCCCCCCCCCCCC(C)CC. The Morgan fingerprint density at radius 1 is 0.259 bits per heavy atom. The van der Waals surface area contributed by atoms with Gasteiger partial charge in [0.15, 0.2) is 12.2 Å². The Morgan fingerprint density at radius 2 is 0.455 bits per heavy atom. The van der Waals surface area contributed by atoms with E-state index in [0.717, 1.165) is 114 Å². The fourth-order valence-electron chi connectivity index (χ4n) is 14.5. The molecule has 0 aliphatic heterocycles. The molecule has 112 heavy (non-hydrogen) atoms. The van der Waals surface area contributed by atoms with Crippen molar-refractivity contribution in [2.45, 2.75) is 516 Å². The number of unbranched alkanes of at least 4 members (excludes halogenated alkanes) is 57. The van der Waals surface area contributed by atoms with Crippen LogP contribution in [0.3, 0.4) is 0 Å². The predicted octanol–water partition coefficient (Wildman–Crippen LogP) is 28.8. The smallest absolute Gasteiger partial charge is 0.462 e. The number of carbonyl (C=O) groups excluding carboxylic acids is 4. The molecule has 0 fully saturated rings. The fourth-order valence-corrected chi connectivity index (χ4v) is 16.1. The van der Waals surface area contributed by atoms with E-state index in [1.54, 1.807) is 0 Å². The van der Waals surface area contributed by atoms with Crippen LogP contribution in [-0.2, 0) is 65.4 Å². The zero-order valence-electron chi connectivity index (χ0n) is 74.2. The van der Waals surface area contributed by atoms with Gasteiger partial charge >= 0.3 is 39.5 Å². The first-order valence-electron chi connectivity index (χ1n) is 47.9. The van der Waals surface area contributed by atoms with Gasteiger partial charge in [-0.05, 0) is 43.4 Å². The van der Waals surface area contributed by atoms with E-state index in [2.05, 4.69) is 48.5 Å². The first-order valence-corrected chi connectivity index (χ1v) is 50.9. The van der Waals surface area contributed by atoms with Crippen LogP contribution in [0.15, 0.2) is 0 Å². The summed E-state index contributed by atoms with van der Waals surface area (Å²) < 4.78 is 69.1. The van der Waals surface area contributed by atoms with Crippen LogP contribution in [0, 0.1) is 17.8 Å². The molecule has 0 heterocycles. The molecule has 0 bridgehead atoms. The Kier molecular flexibility index (Phi) is 81.3. The Labute approximate surface area is 689 Å². The lowest BCUT2D eigenvalue weighted by Crippen LogP contribution is -2.30. The second kappa shape index (κ2) is 82.7. The minimum absolute atomic E-state index is 0.108. The highest BCUT2D eigenvalue weighted by Gasteiger charge is 2.31. The maximum Gasteiger partial charge on any atom is 0.472 e. The standard InChI is InChI=1S/C93H182O17P2/c1-8-11-12-13-14-15-16-17-18-19-20-28-33-38-43-48-53-63-70-77-93(98)110-89(81-104-91(96)75-68-61-56-55-59-66-73-86(7)10-3)83-108-112(101,102)106-79-87(94)78-105-111(99,100)107-82-88(80-103-90(95)74-67-60-52-47-42-37-32-27-23-21-25-30-35-40-45-50-57-64-71-84(4)5)109-92(97)76-69-62-54-49-44-39-34-29-24-22-26-31-36-41-46-51-58-65-72-85(6)9-2/h84-89,94H,8-83H2,1-7H3,(H,99,100)(H,101,102)/t85?,86?,87-,88-,89-/m1/s1. The van der Waals surface area contributed by atoms with Gasteiger partial charge < -0.3 is 33.8 Å². The molecule has 0 saturated carbocycles. The van der Waals surface area contributed by atoms with Crippen molar-refractivity contribution in [3.63, 3.8) is 0 Å². The van der Waals surface area contributed by atoms with Crippen LogP contribution in [0.1, 0.15) is 498 Å². The van der Waals surface area contributed by atoms with Crippen molar-refractivity contribution < 1.29 is 80.2 Å². The van der Waals surface area contributed by atoms with Crippen LogP contribution < -0.4 is 0 Å². The fraction of sp³-hybridized carbons (Fsp3) is 0.957. The van der Waals surface area contributed by atoms with Gasteiger partial charge in [-0.2, -0.15) is 0 Å². The van der Waals surface area contributed by atoms with Gasteiger partial charge in [-0.1, -0.05) is 447 Å². The summed E-state index contributed by atoms with van der Waals surface area (Å²) in [6, 6.07) is 0. The molecule has 0 radical (unpaired) electrons. The largest absolute Gasteiger partial charge is 0.472 e. The number of hydrogen-bond donors (Lipinski definition) is 3. The molecule has 0 aliphatic carbocycles. The molecule has 7 atom stereocenters. The maximum atomic E-state index is 13.2. The average molecular weight is 1630 g/mol. The summed E-state index contributed by atoms with van der Waals surface area (Å²) in [4.78, 5) is 73.4. The van der Waals surface area contributed by atoms with Crippen LogP contribution in [0.25, 0.3) is 0 Å². The highest BCUT2D eigenvalue weighted by Crippen LogP contribution is 2.45. The highest BCUT2D eigenvalue weighted by molar-refractivity contribution is 7.47. The number of rotatable bonds is 91. The van der Waals surface area contributed by atoms with Crippen molar-refractivity contribution in [3.8, 4) is 0 Å². The maximum absolute atomic E-state index is 13.2. The monoisotopic (exact) mass is 1630 g/mol. The van der Waals surface area contributed by atoms with E-state index >= 15 is 0 Å². The van der Waals surface area contributed by atoms with E-state index in [-0.39, 0.29) is 25.7 Å². The molecule has 3 N–H and O–H groups in total. The van der Waals surface area contributed by atoms with Gasteiger partial charge in [0.2, 0.25) is 0 Å². The topological polar surface area (TPSA) is 237 Å². The first kappa shape index (κ1) is 110. The van der Waals surface area contributed by atoms with E-state index in [1.165, 1.54) is 302 Å². The number of esters is 4. The first-order chi connectivity index (χ1) is 54.3. The molecule has 666 valence electrons. The summed E-state index contributed by atoms with van der Waals surface area (Å²) in [6.07, 6.45) is 76.6. The van der Waals surface area contributed by atoms with Crippen molar-refractivity contribution >= 4 is 39.5 Å². The molecule has 0 rings (SSSR count). The number of carbonyl (C=O) groups is 4. The third kappa shape index (κ3) is 83.1. The summed E-state index contributed by atoms with van der Waals surface area (Å²) in [7, 11) is -9.94. The van der Waals surface area contributed by atoms with E-state index < -0.39 is 97.5 Å². The lowest BCUT2D eigenvalue weighted by Gasteiger charge is -2.21. The van der Waals surface area contributed by atoms with Crippen LogP contribution in [0.4, 0.5) is 0 Å². The molecule has 17 nitrogen and oxygen atoms in total. The minimum atomic E-state index is -4.97. The lowest BCUT2D eigenvalue weighted by atomic mass is 9.99. The summed E-state index contributed by atoms with van der Waals surface area (Å²) >= 11 is 0.